The van der Waals surface area contributed by atoms with Gasteiger partial charge in [0, 0.05) is 17.3 Å². The number of nitrogens with zero attached hydrogens (tertiary/aromatic N) is 2. The maximum absolute atomic E-state index is 14.2. The molecule has 5 rings (SSSR count). The van der Waals surface area contributed by atoms with Gasteiger partial charge in [0.15, 0.2) is 11.6 Å². The van der Waals surface area contributed by atoms with Gasteiger partial charge in [-0.3, -0.25) is 19.5 Å². The SMILES string of the molecule is CC1COc2c(F)c(F)cc3c(=O)c(C(=O)NC(CO)C(=O)Nc4ccc5cn[nH]c5c4)cn1c23. The molecule has 35 heavy (non-hydrogen) atoms. The minimum atomic E-state index is -1.39. The Bertz CT molecular complexity index is 1560. The highest BCUT2D eigenvalue weighted by Crippen LogP contribution is 2.35. The molecule has 1 aliphatic heterocycles. The molecule has 1 aliphatic rings. The highest BCUT2D eigenvalue weighted by Gasteiger charge is 2.29. The van der Waals surface area contributed by atoms with E-state index in [2.05, 4.69) is 20.8 Å². The molecule has 0 radical (unpaired) electrons. The summed E-state index contributed by atoms with van der Waals surface area (Å²) in [5.74, 6) is -4.59. The molecular formula is C23H19F2N5O5. The van der Waals surface area contributed by atoms with Crippen molar-refractivity contribution in [3.63, 3.8) is 0 Å². The van der Waals surface area contributed by atoms with Crippen molar-refractivity contribution in [2.75, 3.05) is 18.5 Å². The minimum Gasteiger partial charge on any atom is -0.486 e. The monoisotopic (exact) mass is 483 g/mol. The fraction of sp³-hybridized carbons (Fsp3) is 0.217. The van der Waals surface area contributed by atoms with Crippen LogP contribution in [0.25, 0.3) is 21.8 Å². The van der Waals surface area contributed by atoms with Crippen LogP contribution in [0.15, 0.2) is 41.5 Å². The molecule has 0 fully saturated rings. The molecule has 2 atom stereocenters. The molecular weight excluding hydrogens is 464 g/mol. The Labute approximate surface area is 195 Å². The van der Waals surface area contributed by atoms with Crippen molar-refractivity contribution in [1.82, 2.24) is 20.1 Å². The van der Waals surface area contributed by atoms with Gasteiger partial charge in [-0.1, -0.05) is 0 Å². The van der Waals surface area contributed by atoms with Crippen LogP contribution in [0.1, 0.15) is 23.3 Å². The summed E-state index contributed by atoms with van der Waals surface area (Å²) in [5.41, 5.74) is -0.156. The Morgan fingerprint density at radius 1 is 1.34 bits per heavy atom. The number of benzene rings is 2. The molecule has 2 aromatic heterocycles. The number of carbonyl (C=O) groups is 2. The standard InChI is InChI=1S/C23H19F2N5O5/c1-10-9-35-21-18(25)15(24)5-13-19(21)30(10)7-14(20(13)32)22(33)28-17(8-31)23(34)27-12-3-2-11-6-26-29-16(11)4-12/h2-7,10,17,31H,8-9H2,1H3,(H,26,29)(H,27,34)(H,28,33). The number of halogens is 2. The number of hydrogen-bond acceptors (Lipinski definition) is 6. The molecule has 0 bridgehead atoms. The van der Waals surface area contributed by atoms with Crippen LogP contribution >= 0.6 is 0 Å². The largest absolute Gasteiger partial charge is 0.486 e. The first-order chi connectivity index (χ1) is 16.8. The lowest BCUT2D eigenvalue weighted by Crippen LogP contribution is -2.47. The molecule has 10 nitrogen and oxygen atoms in total. The first-order valence-electron chi connectivity index (χ1n) is 10.6. The van der Waals surface area contributed by atoms with E-state index in [1.165, 1.54) is 10.8 Å². The lowest BCUT2D eigenvalue weighted by Gasteiger charge is -2.27. The third kappa shape index (κ3) is 3.77. The Hall–Kier alpha value is -4.32. The number of hydrogen-bond donors (Lipinski definition) is 4. The minimum absolute atomic E-state index is 0.00521. The van der Waals surface area contributed by atoms with Crippen LogP contribution in [-0.2, 0) is 4.79 Å². The molecule has 12 heteroatoms. The van der Waals surface area contributed by atoms with Gasteiger partial charge in [-0.25, -0.2) is 4.39 Å². The van der Waals surface area contributed by atoms with Crippen molar-refractivity contribution in [3.8, 4) is 5.75 Å². The molecule has 0 spiro atoms. The predicted octanol–water partition coefficient (Wildman–Crippen LogP) is 1.84. The van der Waals surface area contributed by atoms with E-state index in [4.69, 9.17) is 4.74 Å². The second kappa shape index (κ2) is 8.47. The number of nitrogens with one attached hydrogen (secondary N) is 3. The summed E-state index contributed by atoms with van der Waals surface area (Å²) in [6, 6.07) is 3.91. The fourth-order valence-electron chi connectivity index (χ4n) is 4.03. The van der Waals surface area contributed by atoms with E-state index in [0.29, 0.717) is 17.3 Å². The Balaban J connectivity index is 1.45. The number of pyridine rings is 1. The number of anilines is 1. The van der Waals surface area contributed by atoms with E-state index in [9.17, 15) is 28.3 Å². The normalized spacial score (nSPS) is 15.6. The number of aromatic nitrogens is 3. The molecule has 0 saturated carbocycles. The number of H-pyrrole nitrogens is 1. The fourth-order valence-corrected chi connectivity index (χ4v) is 4.03. The zero-order valence-corrected chi connectivity index (χ0v) is 18.3. The summed E-state index contributed by atoms with van der Waals surface area (Å²) in [5, 5.41) is 21.9. The maximum atomic E-state index is 14.2. The third-order valence-corrected chi connectivity index (χ3v) is 5.87. The van der Waals surface area contributed by atoms with Crippen molar-refractivity contribution in [1.29, 1.82) is 0 Å². The molecule has 2 aromatic carbocycles. The predicted molar refractivity (Wildman–Crippen MR) is 121 cm³/mol. The van der Waals surface area contributed by atoms with Gasteiger partial charge >= 0.3 is 0 Å². The average molecular weight is 483 g/mol. The van der Waals surface area contributed by atoms with Crippen LogP contribution in [0.5, 0.6) is 5.75 Å². The van der Waals surface area contributed by atoms with E-state index in [1.807, 2.05) is 0 Å². The van der Waals surface area contributed by atoms with Gasteiger partial charge in [0.2, 0.25) is 17.2 Å². The number of amides is 2. The molecule has 0 aliphatic carbocycles. The van der Waals surface area contributed by atoms with Gasteiger partial charge < -0.3 is 25.0 Å². The second-order valence-electron chi connectivity index (χ2n) is 8.21. The van der Waals surface area contributed by atoms with Crippen molar-refractivity contribution in [3.05, 3.63) is 64.1 Å². The summed E-state index contributed by atoms with van der Waals surface area (Å²) in [6.45, 7) is 0.963. The first-order valence-corrected chi connectivity index (χ1v) is 10.6. The average Bonchev–Trinajstić information content (AvgIpc) is 3.31. The molecule has 4 N–H and O–H groups in total. The van der Waals surface area contributed by atoms with Gasteiger partial charge in [0.25, 0.3) is 5.91 Å². The lowest BCUT2D eigenvalue weighted by molar-refractivity contribution is -0.118. The van der Waals surface area contributed by atoms with E-state index in [1.54, 1.807) is 31.3 Å². The summed E-state index contributed by atoms with van der Waals surface area (Å²) in [6.07, 6.45) is 2.83. The highest BCUT2D eigenvalue weighted by atomic mass is 19.2. The van der Waals surface area contributed by atoms with Crippen molar-refractivity contribution >= 4 is 39.3 Å². The van der Waals surface area contributed by atoms with Crippen LogP contribution in [0.2, 0.25) is 0 Å². The Morgan fingerprint density at radius 3 is 2.91 bits per heavy atom. The van der Waals surface area contributed by atoms with Crippen LogP contribution in [-0.4, -0.2) is 50.9 Å². The Morgan fingerprint density at radius 2 is 2.14 bits per heavy atom. The van der Waals surface area contributed by atoms with E-state index in [0.717, 1.165) is 5.39 Å². The number of ether oxygens (including phenoxy) is 1. The zero-order valence-electron chi connectivity index (χ0n) is 18.3. The van der Waals surface area contributed by atoms with Gasteiger partial charge in [0.05, 0.1) is 35.3 Å². The van der Waals surface area contributed by atoms with E-state index < -0.39 is 58.9 Å². The van der Waals surface area contributed by atoms with Crippen molar-refractivity contribution in [2.45, 2.75) is 19.0 Å². The first kappa shape index (κ1) is 22.5. The summed E-state index contributed by atoms with van der Waals surface area (Å²) in [4.78, 5) is 38.7. The number of aliphatic hydroxyl groups excluding tert-OH is 1. The van der Waals surface area contributed by atoms with Gasteiger partial charge in [0.1, 0.15) is 18.2 Å². The summed E-state index contributed by atoms with van der Waals surface area (Å²) in [7, 11) is 0. The summed E-state index contributed by atoms with van der Waals surface area (Å²) < 4.78 is 35.1. The number of aliphatic hydroxyl groups is 1. The van der Waals surface area contributed by atoms with Crippen molar-refractivity contribution < 1.29 is 28.2 Å². The molecule has 0 saturated heterocycles. The van der Waals surface area contributed by atoms with Crippen LogP contribution < -0.4 is 20.8 Å². The van der Waals surface area contributed by atoms with Crippen LogP contribution in [0.4, 0.5) is 14.5 Å². The van der Waals surface area contributed by atoms with Crippen molar-refractivity contribution in [2.24, 2.45) is 0 Å². The molecule has 3 heterocycles. The number of aromatic amines is 1. The highest BCUT2D eigenvalue weighted by molar-refractivity contribution is 6.03. The smallest absolute Gasteiger partial charge is 0.257 e. The summed E-state index contributed by atoms with van der Waals surface area (Å²) >= 11 is 0. The maximum Gasteiger partial charge on any atom is 0.257 e. The van der Waals surface area contributed by atoms with E-state index >= 15 is 0 Å². The van der Waals surface area contributed by atoms with E-state index in [-0.39, 0.29) is 17.5 Å². The molecule has 180 valence electrons. The second-order valence-corrected chi connectivity index (χ2v) is 8.21. The quantitative estimate of drug-likeness (QED) is 0.342. The Kier molecular flexibility index (Phi) is 5.44. The van der Waals surface area contributed by atoms with Gasteiger partial charge in [-0.2, -0.15) is 9.49 Å². The van der Waals surface area contributed by atoms with Gasteiger partial charge in [-0.05, 0) is 31.2 Å². The molecule has 2 amide bonds. The molecule has 4 aromatic rings. The third-order valence-electron chi connectivity index (χ3n) is 5.87. The number of rotatable bonds is 5. The van der Waals surface area contributed by atoms with Crippen LogP contribution in [0.3, 0.4) is 0 Å². The molecule has 2 unspecified atom stereocenters. The number of fused-ring (bicyclic) bond motifs is 1. The van der Waals surface area contributed by atoms with Crippen LogP contribution in [0, 0.1) is 11.6 Å². The zero-order chi connectivity index (χ0) is 24.9. The lowest BCUT2D eigenvalue weighted by atomic mass is 10.1. The topological polar surface area (TPSA) is 138 Å². The van der Waals surface area contributed by atoms with Gasteiger partial charge in [-0.15, -0.1) is 0 Å². The number of carbonyl (C=O) groups excluding carboxylic acids is 2.